The molecule has 1 atom stereocenters. The monoisotopic (exact) mass is 260 g/mol. The molecule has 1 nitrogen and oxygen atoms in total. The lowest BCUT2D eigenvalue weighted by molar-refractivity contribution is -0.111. The van der Waals surface area contributed by atoms with Gasteiger partial charge in [-0.15, -0.1) is 0 Å². The Morgan fingerprint density at radius 2 is 1.50 bits per heavy atom. The largest absolute Gasteiger partial charge is 0.290 e. The van der Waals surface area contributed by atoms with Gasteiger partial charge in [-0.25, -0.2) is 0 Å². The molecule has 0 saturated heterocycles. The van der Waals surface area contributed by atoms with Crippen molar-refractivity contribution in [3.05, 3.63) is 95.6 Å². The average Bonchev–Trinajstić information content (AvgIpc) is 2.76. The van der Waals surface area contributed by atoms with E-state index in [2.05, 4.69) is 30.8 Å². The molecule has 2 aromatic carbocycles. The second-order valence-electron chi connectivity index (χ2n) is 5.11. The van der Waals surface area contributed by atoms with E-state index in [4.69, 9.17) is 0 Å². The second kappa shape index (κ2) is 5.30. The summed E-state index contributed by atoms with van der Waals surface area (Å²) < 4.78 is 0. The molecular weight excluding hydrogens is 244 g/mol. The van der Waals surface area contributed by atoms with Gasteiger partial charge in [0.1, 0.15) is 0 Å². The van der Waals surface area contributed by atoms with E-state index in [0.29, 0.717) is 5.57 Å². The van der Waals surface area contributed by atoms with E-state index >= 15 is 0 Å². The quantitative estimate of drug-likeness (QED) is 0.760. The summed E-state index contributed by atoms with van der Waals surface area (Å²) in [7, 11) is 0. The number of hydrogen-bond donors (Lipinski definition) is 0. The summed E-state index contributed by atoms with van der Waals surface area (Å²) in [6.07, 6.45) is 2.55. The fourth-order valence-electron chi connectivity index (χ4n) is 2.76. The van der Waals surface area contributed by atoms with Crippen LogP contribution in [0.15, 0.2) is 84.5 Å². The highest BCUT2D eigenvalue weighted by molar-refractivity contribution is 6.09. The zero-order valence-corrected chi connectivity index (χ0v) is 11.3. The summed E-state index contributed by atoms with van der Waals surface area (Å²) in [5.41, 5.74) is 4.19. The van der Waals surface area contributed by atoms with E-state index in [-0.39, 0.29) is 11.7 Å². The molecule has 0 amide bonds. The van der Waals surface area contributed by atoms with Crippen molar-refractivity contribution in [3.8, 4) is 0 Å². The molecule has 0 aliphatic heterocycles. The van der Waals surface area contributed by atoms with Crippen molar-refractivity contribution in [2.75, 3.05) is 0 Å². The first-order chi connectivity index (χ1) is 9.75. The highest BCUT2D eigenvalue weighted by Gasteiger charge is 2.29. The van der Waals surface area contributed by atoms with E-state index in [1.807, 2.05) is 36.4 Å². The van der Waals surface area contributed by atoms with Crippen molar-refractivity contribution in [2.45, 2.75) is 12.3 Å². The Balaban J connectivity index is 1.94. The lowest BCUT2D eigenvalue weighted by Crippen LogP contribution is -2.04. The Kier molecular flexibility index (Phi) is 3.34. The second-order valence-corrected chi connectivity index (χ2v) is 5.11. The molecule has 1 aliphatic carbocycles. The van der Waals surface area contributed by atoms with Gasteiger partial charge < -0.3 is 0 Å². The van der Waals surface area contributed by atoms with Crippen LogP contribution < -0.4 is 0 Å². The van der Waals surface area contributed by atoms with Crippen molar-refractivity contribution in [2.24, 2.45) is 0 Å². The van der Waals surface area contributed by atoms with Gasteiger partial charge >= 0.3 is 0 Å². The molecule has 0 saturated carbocycles. The van der Waals surface area contributed by atoms with Gasteiger partial charge in [-0.05, 0) is 29.2 Å². The highest BCUT2D eigenvalue weighted by atomic mass is 16.1. The molecule has 0 radical (unpaired) electrons. The SMILES string of the molecule is C=C1C(=O)C=C(Cc2ccccc2)C1c1ccccc1. The van der Waals surface area contributed by atoms with Crippen LogP contribution >= 0.6 is 0 Å². The minimum atomic E-state index is 0.0314. The van der Waals surface area contributed by atoms with E-state index in [1.165, 1.54) is 5.56 Å². The van der Waals surface area contributed by atoms with Crippen LogP contribution in [0.4, 0.5) is 0 Å². The topological polar surface area (TPSA) is 17.1 Å². The third-order valence-electron chi connectivity index (χ3n) is 3.74. The van der Waals surface area contributed by atoms with Crippen LogP contribution in [-0.2, 0) is 11.2 Å². The van der Waals surface area contributed by atoms with Crippen molar-refractivity contribution in [1.82, 2.24) is 0 Å². The van der Waals surface area contributed by atoms with E-state index in [0.717, 1.165) is 17.6 Å². The van der Waals surface area contributed by atoms with E-state index in [1.54, 1.807) is 6.08 Å². The average molecular weight is 260 g/mol. The van der Waals surface area contributed by atoms with Crippen LogP contribution in [-0.4, -0.2) is 5.78 Å². The number of allylic oxidation sites excluding steroid dienone is 3. The van der Waals surface area contributed by atoms with Gasteiger partial charge in [-0.1, -0.05) is 67.2 Å². The molecule has 0 heterocycles. The van der Waals surface area contributed by atoms with Gasteiger partial charge in [0.05, 0.1) is 0 Å². The first-order valence-corrected chi connectivity index (χ1v) is 6.78. The maximum Gasteiger partial charge on any atom is 0.182 e. The zero-order valence-electron chi connectivity index (χ0n) is 11.3. The third-order valence-corrected chi connectivity index (χ3v) is 3.74. The number of benzene rings is 2. The summed E-state index contributed by atoms with van der Waals surface area (Å²) in [5, 5.41) is 0. The smallest absolute Gasteiger partial charge is 0.182 e. The maximum absolute atomic E-state index is 12.0. The lowest BCUT2D eigenvalue weighted by Gasteiger charge is -2.16. The molecule has 0 spiro atoms. The van der Waals surface area contributed by atoms with Gasteiger partial charge in [-0.3, -0.25) is 4.79 Å². The van der Waals surface area contributed by atoms with Crippen molar-refractivity contribution in [3.63, 3.8) is 0 Å². The molecule has 1 aliphatic rings. The van der Waals surface area contributed by atoms with Gasteiger partial charge in [0, 0.05) is 11.5 Å². The molecule has 2 aromatic rings. The van der Waals surface area contributed by atoms with Crippen LogP contribution in [0, 0.1) is 0 Å². The summed E-state index contributed by atoms with van der Waals surface area (Å²) in [5.74, 6) is 0.0914. The Morgan fingerprint density at radius 1 is 0.900 bits per heavy atom. The molecule has 0 aromatic heterocycles. The predicted molar refractivity (Wildman–Crippen MR) is 81.6 cm³/mol. The maximum atomic E-state index is 12.0. The summed E-state index contributed by atoms with van der Waals surface area (Å²) in [4.78, 5) is 12.0. The molecule has 20 heavy (non-hydrogen) atoms. The van der Waals surface area contributed by atoms with Crippen LogP contribution in [0.3, 0.4) is 0 Å². The molecule has 0 bridgehead atoms. The van der Waals surface area contributed by atoms with Gasteiger partial charge in [0.2, 0.25) is 0 Å². The number of carbonyl (C=O) groups excluding carboxylic acids is 1. The Morgan fingerprint density at radius 3 is 2.15 bits per heavy atom. The molecule has 98 valence electrons. The minimum absolute atomic E-state index is 0.0314. The molecule has 3 rings (SSSR count). The fourth-order valence-corrected chi connectivity index (χ4v) is 2.76. The van der Waals surface area contributed by atoms with E-state index in [9.17, 15) is 4.79 Å². The molecule has 0 N–H and O–H groups in total. The molecule has 0 fully saturated rings. The fraction of sp³-hybridized carbons (Fsp3) is 0.105. The molecular formula is C19H16O. The predicted octanol–water partition coefficient (Wildman–Crippen LogP) is 4.08. The van der Waals surface area contributed by atoms with Crippen LogP contribution in [0.1, 0.15) is 17.0 Å². The summed E-state index contributed by atoms with van der Waals surface area (Å²) in [6.45, 7) is 3.98. The standard InChI is InChI=1S/C19H16O/c1-14-18(20)13-17(12-15-8-4-2-5-9-15)19(14)16-10-6-3-7-11-16/h2-11,13,19H,1,12H2. The highest BCUT2D eigenvalue weighted by Crippen LogP contribution is 2.38. The van der Waals surface area contributed by atoms with Gasteiger partial charge in [0.25, 0.3) is 0 Å². The minimum Gasteiger partial charge on any atom is -0.290 e. The third kappa shape index (κ3) is 2.35. The zero-order chi connectivity index (χ0) is 13.9. The summed E-state index contributed by atoms with van der Waals surface area (Å²) >= 11 is 0. The molecule has 1 heteroatoms. The van der Waals surface area contributed by atoms with Crippen LogP contribution in [0.5, 0.6) is 0 Å². The first-order valence-electron chi connectivity index (χ1n) is 6.78. The van der Waals surface area contributed by atoms with Crippen LogP contribution in [0.2, 0.25) is 0 Å². The van der Waals surface area contributed by atoms with Crippen LogP contribution in [0.25, 0.3) is 0 Å². The van der Waals surface area contributed by atoms with Gasteiger partial charge in [0.15, 0.2) is 5.78 Å². The number of rotatable bonds is 3. The summed E-state index contributed by atoms with van der Waals surface area (Å²) in [6, 6.07) is 20.4. The van der Waals surface area contributed by atoms with Crippen molar-refractivity contribution >= 4 is 5.78 Å². The normalized spacial score (nSPS) is 18.2. The first kappa shape index (κ1) is 12.6. The Hall–Kier alpha value is -2.41. The Bertz CT molecular complexity index is 665. The Labute approximate surface area is 119 Å². The molecule has 1 unspecified atom stereocenters. The van der Waals surface area contributed by atoms with Gasteiger partial charge in [-0.2, -0.15) is 0 Å². The number of hydrogen-bond acceptors (Lipinski definition) is 1. The number of carbonyl (C=O) groups is 1. The van der Waals surface area contributed by atoms with Crippen molar-refractivity contribution < 1.29 is 4.79 Å². The van der Waals surface area contributed by atoms with Crippen molar-refractivity contribution in [1.29, 1.82) is 0 Å². The lowest BCUT2D eigenvalue weighted by atomic mass is 9.87. The number of ketones is 1. The van der Waals surface area contributed by atoms with E-state index < -0.39 is 0 Å².